The van der Waals surface area contributed by atoms with Gasteiger partial charge in [-0.3, -0.25) is 9.97 Å². The smallest absolute Gasteiger partial charge is 0.0974 e. The van der Waals surface area contributed by atoms with Gasteiger partial charge in [-0.15, -0.1) is 0 Å². The highest BCUT2D eigenvalue weighted by molar-refractivity contribution is 6.08. The van der Waals surface area contributed by atoms with E-state index in [1.807, 2.05) is 0 Å². The molecular weight excluding hydrogens is 617 g/mol. The molecule has 0 unspecified atom stereocenters. The molecule has 1 fully saturated rings. The van der Waals surface area contributed by atoms with Crippen LogP contribution in [0.3, 0.4) is 0 Å². The van der Waals surface area contributed by atoms with Gasteiger partial charge in [-0.1, -0.05) is 147 Å². The normalized spacial score (nSPS) is 13.5. The molecule has 6 aromatic carbocycles. The quantitative estimate of drug-likeness (QED) is 0.166. The molecule has 0 N–H and O–H groups in total. The highest BCUT2D eigenvalue weighted by Gasteiger charge is 2.21. The zero-order valence-corrected chi connectivity index (χ0v) is 29.0. The minimum atomic E-state index is 0.480. The summed E-state index contributed by atoms with van der Waals surface area (Å²) in [5.41, 5.74) is 16.4. The molecule has 2 heteroatoms. The van der Waals surface area contributed by atoms with E-state index in [2.05, 4.69) is 165 Å². The van der Waals surface area contributed by atoms with Crippen molar-refractivity contribution in [3.8, 4) is 55.6 Å². The highest BCUT2D eigenvalue weighted by Crippen LogP contribution is 2.44. The molecule has 1 saturated carbocycles. The van der Waals surface area contributed by atoms with Crippen molar-refractivity contribution in [3.05, 3.63) is 169 Å². The lowest BCUT2D eigenvalue weighted by molar-refractivity contribution is 0.437. The third-order valence-corrected chi connectivity index (χ3v) is 10.7. The summed E-state index contributed by atoms with van der Waals surface area (Å²) in [6.07, 6.45) is 6.26. The number of nitrogens with zero attached hydrogens (tertiary/aromatic N) is 2. The second-order valence-corrected chi connectivity index (χ2v) is 14.0. The summed E-state index contributed by atoms with van der Waals surface area (Å²) in [4.78, 5) is 10.5. The van der Waals surface area contributed by atoms with Crippen LogP contribution in [0.5, 0.6) is 0 Å². The van der Waals surface area contributed by atoms with Crippen LogP contribution in [0.4, 0.5) is 0 Å². The fraction of sp³-hybridized carbons (Fsp3) is 0.143. The van der Waals surface area contributed by atoms with Gasteiger partial charge in [0.1, 0.15) is 0 Å². The predicted molar refractivity (Wildman–Crippen MR) is 215 cm³/mol. The summed E-state index contributed by atoms with van der Waals surface area (Å²) in [6, 6.07) is 57.5. The summed E-state index contributed by atoms with van der Waals surface area (Å²) < 4.78 is 0. The van der Waals surface area contributed by atoms with Crippen LogP contribution in [0, 0.1) is 6.92 Å². The first-order valence-electron chi connectivity index (χ1n) is 18.4. The van der Waals surface area contributed by atoms with Crippen LogP contribution in [0.2, 0.25) is 0 Å². The lowest BCUT2D eigenvalue weighted by Gasteiger charge is -2.23. The van der Waals surface area contributed by atoms with E-state index >= 15 is 0 Å². The second-order valence-electron chi connectivity index (χ2n) is 14.0. The highest BCUT2D eigenvalue weighted by atomic mass is 14.8. The maximum atomic E-state index is 5.41. The lowest BCUT2D eigenvalue weighted by Crippen LogP contribution is -2.07. The standard InChI is InChI=1S/C49H40N2/c1-33-25-26-38-27-28-41-46(32-47(37-21-12-5-13-22-37)51-49(41)48(38)50-33)40-24-14-23-39(29-40)45-31-43(35-17-8-3-9-18-35)42(34-15-6-2-7-16-34)30-44(45)36-19-10-4-11-20-36/h2-4,6-11,14-20,23-32,37H,5,12-13,21-22H2,1H3. The number of aromatic nitrogens is 2. The van der Waals surface area contributed by atoms with Gasteiger partial charge in [-0.25, -0.2) is 0 Å². The third-order valence-electron chi connectivity index (χ3n) is 10.7. The van der Waals surface area contributed by atoms with Gasteiger partial charge < -0.3 is 0 Å². The van der Waals surface area contributed by atoms with Crippen LogP contribution in [0.25, 0.3) is 77.4 Å². The fourth-order valence-corrected chi connectivity index (χ4v) is 8.10. The van der Waals surface area contributed by atoms with E-state index in [4.69, 9.17) is 9.97 Å². The summed E-state index contributed by atoms with van der Waals surface area (Å²) in [6.45, 7) is 2.07. The van der Waals surface area contributed by atoms with E-state index in [9.17, 15) is 0 Å². The number of rotatable bonds is 6. The number of hydrogen-bond donors (Lipinski definition) is 0. The molecule has 246 valence electrons. The number of fused-ring (bicyclic) bond motifs is 3. The Morgan fingerprint density at radius 1 is 0.412 bits per heavy atom. The molecule has 0 atom stereocenters. The molecule has 51 heavy (non-hydrogen) atoms. The zero-order valence-electron chi connectivity index (χ0n) is 29.0. The summed E-state index contributed by atoms with van der Waals surface area (Å²) in [5, 5.41) is 2.30. The first-order chi connectivity index (χ1) is 25.2. The Bertz CT molecular complexity index is 2500. The average Bonchev–Trinajstić information content (AvgIpc) is 3.21. The molecule has 9 rings (SSSR count). The van der Waals surface area contributed by atoms with Gasteiger partial charge in [0.25, 0.3) is 0 Å². The monoisotopic (exact) mass is 656 g/mol. The first-order valence-corrected chi connectivity index (χ1v) is 18.4. The topological polar surface area (TPSA) is 25.8 Å². The Hall–Kier alpha value is -5.86. The van der Waals surface area contributed by atoms with Gasteiger partial charge in [-0.2, -0.15) is 0 Å². The van der Waals surface area contributed by atoms with E-state index in [1.165, 1.54) is 93.4 Å². The van der Waals surface area contributed by atoms with E-state index in [1.54, 1.807) is 0 Å². The van der Waals surface area contributed by atoms with Crippen LogP contribution in [-0.4, -0.2) is 9.97 Å². The molecule has 0 saturated heterocycles. The maximum Gasteiger partial charge on any atom is 0.0974 e. The molecule has 0 amide bonds. The van der Waals surface area contributed by atoms with Crippen molar-refractivity contribution >= 4 is 21.8 Å². The summed E-state index contributed by atoms with van der Waals surface area (Å²) in [7, 11) is 0. The number of hydrogen-bond acceptors (Lipinski definition) is 2. The molecule has 0 spiro atoms. The van der Waals surface area contributed by atoms with Crippen molar-refractivity contribution < 1.29 is 0 Å². The zero-order chi connectivity index (χ0) is 34.1. The third kappa shape index (κ3) is 6.02. The molecule has 1 aliphatic rings. The van der Waals surface area contributed by atoms with Crippen molar-refractivity contribution in [1.29, 1.82) is 0 Å². The van der Waals surface area contributed by atoms with Gasteiger partial charge in [0, 0.05) is 28.1 Å². The summed E-state index contributed by atoms with van der Waals surface area (Å²) in [5.74, 6) is 0.480. The maximum absolute atomic E-state index is 5.41. The Labute approximate surface area is 300 Å². The molecule has 0 bridgehead atoms. The summed E-state index contributed by atoms with van der Waals surface area (Å²) >= 11 is 0. The lowest BCUT2D eigenvalue weighted by atomic mass is 9.84. The van der Waals surface area contributed by atoms with E-state index in [0.717, 1.165) is 27.5 Å². The van der Waals surface area contributed by atoms with Gasteiger partial charge in [-0.05, 0) is 106 Å². The van der Waals surface area contributed by atoms with Crippen molar-refractivity contribution in [2.75, 3.05) is 0 Å². The average molecular weight is 657 g/mol. The minimum absolute atomic E-state index is 0.480. The van der Waals surface area contributed by atoms with Gasteiger partial charge >= 0.3 is 0 Å². The van der Waals surface area contributed by atoms with Gasteiger partial charge in [0.05, 0.1) is 11.0 Å². The molecule has 2 aromatic heterocycles. The molecule has 2 heterocycles. The Morgan fingerprint density at radius 2 is 0.922 bits per heavy atom. The van der Waals surface area contributed by atoms with Crippen molar-refractivity contribution in [1.82, 2.24) is 9.97 Å². The Morgan fingerprint density at radius 3 is 1.51 bits per heavy atom. The number of aryl methyl sites for hydroxylation is 1. The largest absolute Gasteiger partial charge is 0.251 e. The van der Waals surface area contributed by atoms with Crippen LogP contribution in [0.1, 0.15) is 49.4 Å². The first kappa shape index (κ1) is 31.1. The predicted octanol–water partition coefficient (Wildman–Crippen LogP) is 13.5. The minimum Gasteiger partial charge on any atom is -0.251 e. The number of benzene rings is 6. The molecule has 0 aliphatic heterocycles. The van der Waals surface area contributed by atoms with Crippen LogP contribution < -0.4 is 0 Å². The second kappa shape index (κ2) is 13.5. The molecule has 1 aliphatic carbocycles. The van der Waals surface area contributed by atoms with Crippen LogP contribution in [-0.2, 0) is 0 Å². The van der Waals surface area contributed by atoms with Gasteiger partial charge in [0.2, 0.25) is 0 Å². The molecule has 2 nitrogen and oxygen atoms in total. The Balaban J connectivity index is 1.29. The van der Waals surface area contributed by atoms with Gasteiger partial charge in [0.15, 0.2) is 0 Å². The van der Waals surface area contributed by atoms with Crippen LogP contribution >= 0.6 is 0 Å². The van der Waals surface area contributed by atoms with E-state index < -0.39 is 0 Å². The molecule has 8 aromatic rings. The van der Waals surface area contributed by atoms with Crippen molar-refractivity contribution in [2.24, 2.45) is 0 Å². The van der Waals surface area contributed by atoms with E-state index in [-0.39, 0.29) is 0 Å². The van der Waals surface area contributed by atoms with Crippen LogP contribution in [0.15, 0.2) is 158 Å². The van der Waals surface area contributed by atoms with E-state index in [0.29, 0.717) is 5.92 Å². The Kier molecular flexibility index (Phi) is 8.22. The van der Waals surface area contributed by atoms with Crippen molar-refractivity contribution in [2.45, 2.75) is 44.9 Å². The van der Waals surface area contributed by atoms with Crippen molar-refractivity contribution in [3.63, 3.8) is 0 Å². The molecular formula is C49H40N2. The fourth-order valence-electron chi connectivity index (χ4n) is 8.10. The SMILES string of the molecule is Cc1ccc2ccc3c(-c4cccc(-c5cc(-c6ccccc6)c(-c6ccccc6)cc5-c5ccccc5)c4)cc(C4CCCCC4)nc3c2n1. The number of pyridine rings is 2. The molecule has 0 radical (unpaired) electrons.